The van der Waals surface area contributed by atoms with E-state index in [1.165, 1.54) is 29.3 Å². The van der Waals surface area contributed by atoms with Gasteiger partial charge in [-0.2, -0.15) is 11.8 Å². The zero-order valence-electron chi connectivity index (χ0n) is 8.19. The number of hydrogen-bond acceptors (Lipinski definition) is 2. The second-order valence-corrected chi connectivity index (χ2v) is 5.68. The second kappa shape index (κ2) is 3.83. The first kappa shape index (κ1) is 9.73. The van der Waals surface area contributed by atoms with E-state index in [2.05, 4.69) is 49.7 Å². The fourth-order valence-electron chi connectivity index (χ4n) is 2.05. The van der Waals surface area contributed by atoms with E-state index in [1.807, 2.05) is 11.8 Å². The summed E-state index contributed by atoms with van der Waals surface area (Å²) >= 11 is 5.55. The maximum absolute atomic E-state index is 4.64. The molecule has 1 saturated heterocycles. The Morgan fingerprint density at radius 1 is 1.47 bits per heavy atom. The number of rotatable bonds is 1. The van der Waals surface area contributed by atoms with Crippen molar-refractivity contribution < 1.29 is 0 Å². The van der Waals surface area contributed by atoms with Crippen molar-refractivity contribution in [3.8, 4) is 0 Å². The third kappa shape index (κ3) is 1.60. The smallest absolute Gasteiger partial charge is 0.132 e. The molecule has 0 spiro atoms. The highest BCUT2D eigenvalue weighted by molar-refractivity contribution is 9.10. The van der Waals surface area contributed by atoms with Crippen LogP contribution in [0.4, 0.5) is 0 Å². The maximum atomic E-state index is 4.64. The zero-order chi connectivity index (χ0) is 10.3. The van der Waals surface area contributed by atoms with Gasteiger partial charge in [-0.05, 0) is 40.2 Å². The maximum Gasteiger partial charge on any atom is 0.132 e. The molecule has 1 atom stereocenters. The molecule has 15 heavy (non-hydrogen) atoms. The van der Waals surface area contributed by atoms with E-state index < -0.39 is 0 Å². The molecule has 2 nitrogen and oxygen atoms in total. The van der Waals surface area contributed by atoms with Gasteiger partial charge in [-0.25, -0.2) is 4.98 Å². The van der Waals surface area contributed by atoms with Crippen LogP contribution in [0.5, 0.6) is 0 Å². The van der Waals surface area contributed by atoms with Crippen LogP contribution in [0.1, 0.15) is 18.2 Å². The Labute approximate surface area is 101 Å². The standard InChI is InChI=1S/C11H11BrN2S/c12-10-9-3-1-2-5-14(9)11(13-10)8-4-6-15-7-8/h1-3,5,8H,4,6-7H2. The molecule has 78 valence electrons. The summed E-state index contributed by atoms with van der Waals surface area (Å²) in [6, 6.07) is 6.21. The van der Waals surface area contributed by atoms with Crippen molar-refractivity contribution in [1.82, 2.24) is 9.38 Å². The highest BCUT2D eigenvalue weighted by Gasteiger charge is 2.22. The molecule has 0 N–H and O–H groups in total. The van der Waals surface area contributed by atoms with Gasteiger partial charge in [0, 0.05) is 17.9 Å². The fraction of sp³-hybridized carbons (Fsp3) is 0.364. The number of halogens is 1. The lowest BCUT2D eigenvalue weighted by molar-refractivity contribution is 0.712. The van der Waals surface area contributed by atoms with Crippen LogP contribution in [-0.4, -0.2) is 20.9 Å². The average molecular weight is 283 g/mol. The van der Waals surface area contributed by atoms with Gasteiger partial charge in [-0.1, -0.05) is 6.07 Å². The van der Waals surface area contributed by atoms with E-state index in [4.69, 9.17) is 0 Å². The molecule has 2 aromatic heterocycles. The molecule has 3 heterocycles. The van der Waals surface area contributed by atoms with Gasteiger partial charge in [-0.15, -0.1) is 0 Å². The van der Waals surface area contributed by atoms with Crippen molar-refractivity contribution in [2.45, 2.75) is 12.3 Å². The molecule has 3 rings (SSSR count). The first-order valence-electron chi connectivity index (χ1n) is 5.06. The highest BCUT2D eigenvalue weighted by Crippen LogP contribution is 2.33. The van der Waals surface area contributed by atoms with E-state index in [1.54, 1.807) is 0 Å². The SMILES string of the molecule is Brc1nc(C2CCSC2)n2ccccc12. The van der Waals surface area contributed by atoms with Crippen LogP contribution in [0, 0.1) is 0 Å². The molecular weight excluding hydrogens is 272 g/mol. The van der Waals surface area contributed by atoms with Gasteiger partial charge in [0.05, 0.1) is 5.52 Å². The molecule has 0 amide bonds. The predicted octanol–water partition coefficient (Wildman–Crippen LogP) is 3.32. The topological polar surface area (TPSA) is 17.3 Å². The number of thioether (sulfide) groups is 1. The van der Waals surface area contributed by atoms with Gasteiger partial charge in [0.25, 0.3) is 0 Å². The van der Waals surface area contributed by atoms with Gasteiger partial charge in [0.15, 0.2) is 0 Å². The van der Waals surface area contributed by atoms with Crippen molar-refractivity contribution in [3.05, 3.63) is 34.8 Å². The van der Waals surface area contributed by atoms with Crippen LogP contribution in [0.25, 0.3) is 5.52 Å². The van der Waals surface area contributed by atoms with Crippen molar-refractivity contribution in [1.29, 1.82) is 0 Å². The number of imidazole rings is 1. The summed E-state index contributed by atoms with van der Waals surface area (Å²) in [6.45, 7) is 0. The molecule has 0 radical (unpaired) electrons. The lowest BCUT2D eigenvalue weighted by atomic mass is 10.1. The highest BCUT2D eigenvalue weighted by atomic mass is 79.9. The Bertz CT molecular complexity index is 488. The Morgan fingerprint density at radius 2 is 2.40 bits per heavy atom. The van der Waals surface area contributed by atoms with Crippen molar-refractivity contribution in [3.63, 3.8) is 0 Å². The third-order valence-corrected chi connectivity index (χ3v) is 4.57. The summed E-state index contributed by atoms with van der Waals surface area (Å²) in [6.07, 6.45) is 3.36. The third-order valence-electron chi connectivity index (χ3n) is 2.83. The summed E-state index contributed by atoms with van der Waals surface area (Å²) < 4.78 is 3.18. The van der Waals surface area contributed by atoms with Gasteiger partial charge in [0.2, 0.25) is 0 Å². The van der Waals surface area contributed by atoms with Crippen LogP contribution in [-0.2, 0) is 0 Å². The largest absolute Gasteiger partial charge is 0.302 e. The molecule has 1 aliphatic heterocycles. The molecule has 1 unspecified atom stereocenters. The Kier molecular flexibility index (Phi) is 2.48. The zero-order valence-corrected chi connectivity index (χ0v) is 10.6. The van der Waals surface area contributed by atoms with Crippen LogP contribution < -0.4 is 0 Å². The average Bonchev–Trinajstić information content (AvgIpc) is 2.87. The Balaban J connectivity index is 2.17. The Morgan fingerprint density at radius 3 is 3.20 bits per heavy atom. The minimum absolute atomic E-state index is 0.621. The van der Waals surface area contributed by atoms with Crippen molar-refractivity contribution in [2.75, 3.05) is 11.5 Å². The second-order valence-electron chi connectivity index (χ2n) is 3.78. The molecule has 1 fully saturated rings. The van der Waals surface area contributed by atoms with Crippen LogP contribution in [0.15, 0.2) is 29.0 Å². The monoisotopic (exact) mass is 282 g/mol. The van der Waals surface area contributed by atoms with E-state index in [0.29, 0.717) is 5.92 Å². The summed E-state index contributed by atoms with van der Waals surface area (Å²) in [7, 11) is 0. The molecule has 0 saturated carbocycles. The summed E-state index contributed by atoms with van der Waals surface area (Å²) in [5, 5.41) is 0. The first-order chi connectivity index (χ1) is 7.36. The lowest BCUT2D eigenvalue weighted by Gasteiger charge is -2.06. The van der Waals surface area contributed by atoms with E-state index in [-0.39, 0.29) is 0 Å². The molecule has 0 aliphatic carbocycles. The van der Waals surface area contributed by atoms with E-state index in [9.17, 15) is 0 Å². The fourth-order valence-corrected chi connectivity index (χ4v) is 3.77. The molecular formula is C11H11BrN2S. The molecule has 4 heteroatoms. The van der Waals surface area contributed by atoms with Gasteiger partial charge in [0.1, 0.15) is 10.4 Å². The predicted molar refractivity (Wildman–Crippen MR) is 67.6 cm³/mol. The number of nitrogens with zero attached hydrogens (tertiary/aromatic N) is 2. The first-order valence-corrected chi connectivity index (χ1v) is 7.01. The molecule has 1 aliphatic rings. The normalized spacial score (nSPS) is 21.3. The van der Waals surface area contributed by atoms with Crippen molar-refractivity contribution in [2.24, 2.45) is 0 Å². The van der Waals surface area contributed by atoms with Gasteiger partial charge < -0.3 is 4.40 Å². The number of pyridine rings is 1. The van der Waals surface area contributed by atoms with Gasteiger partial charge in [-0.3, -0.25) is 0 Å². The summed E-state index contributed by atoms with van der Waals surface area (Å²) in [5.41, 5.74) is 1.17. The van der Waals surface area contributed by atoms with Crippen LogP contribution >= 0.6 is 27.7 Å². The van der Waals surface area contributed by atoms with E-state index >= 15 is 0 Å². The minimum Gasteiger partial charge on any atom is -0.302 e. The Hall–Kier alpha value is -0.480. The minimum atomic E-state index is 0.621. The van der Waals surface area contributed by atoms with Crippen LogP contribution in [0.3, 0.4) is 0 Å². The molecule has 0 aromatic carbocycles. The molecule has 0 bridgehead atoms. The van der Waals surface area contributed by atoms with Gasteiger partial charge >= 0.3 is 0 Å². The number of aromatic nitrogens is 2. The number of hydrogen-bond donors (Lipinski definition) is 0. The van der Waals surface area contributed by atoms with E-state index in [0.717, 1.165) is 4.60 Å². The van der Waals surface area contributed by atoms with Crippen molar-refractivity contribution >= 4 is 33.2 Å². The molecule has 2 aromatic rings. The quantitative estimate of drug-likeness (QED) is 0.798. The summed E-state index contributed by atoms with van der Waals surface area (Å²) in [4.78, 5) is 4.64. The lowest BCUT2D eigenvalue weighted by Crippen LogP contribution is -2.02. The summed E-state index contributed by atoms with van der Waals surface area (Å²) in [5.74, 6) is 4.31. The number of fused-ring (bicyclic) bond motifs is 1. The van der Waals surface area contributed by atoms with Crippen LogP contribution in [0.2, 0.25) is 0 Å².